The molecule has 0 fully saturated rings. The van der Waals surface area contributed by atoms with Crippen LogP contribution in [0, 0.1) is 6.92 Å². The molecular formula is C25H25ClO4S2. The number of rotatable bonds is 10. The molecule has 3 aromatic rings. The molecule has 4 nitrogen and oxygen atoms in total. The Morgan fingerprint density at radius 3 is 2.34 bits per heavy atom. The maximum Gasteiger partial charge on any atom is 0.182 e. The first kappa shape index (κ1) is 24.4. The molecule has 0 radical (unpaired) electrons. The first-order valence-electron chi connectivity index (χ1n) is 10.1. The number of methoxy groups -OCH3 is 1. The van der Waals surface area contributed by atoms with Gasteiger partial charge in [0.2, 0.25) is 0 Å². The summed E-state index contributed by atoms with van der Waals surface area (Å²) in [6, 6.07) is 19.6. The van der Waals surface area contributed by atoms with Gasteiger partial charge in [-0.25, -0.2) is 8.42 Å². The van der Waals surface area contributed by atoms with Gasteiger partial charge in [-0.05, 0) is 55.0 Å². The van der Waals surface area contributed by atoms with E-state index in [1.807, 2.05) is 43.3 Å². The molecule has 0 aromatic heterocycles. The Kier molecular flexibility index (Phi) is 8.40. The van der Waals surface area contributed by atoms with Gasteiger partial charge in [-0.2, -0.15) is 0 Å². The van der Waals surface area contributed by atoms with Crippen molar-refractivity contribution >= 4 is 39.0 Å². The number of carbonyl (C=O) groups is 1. The molecule has 0 bridgehead atoms. The predicted octanol–water partition coefficient (Wildman–Crippen LogP) is 5.92. The largest absolute Gasteiger partial charge is 0.496 e. The summed E-state index contributed by atoms with van der Waals surface area (Å²) in [7, 11) is -2.01. The number of benzene rings is 3. The zero-order valence-corrected chi connectivity index (χ0v) is 20.4. The minimum atomic E-state index is -3.53. The predicted molar refractivity (Wildman–Crippen MR) is 131 cm³/mol. The van der Waals surface area contributed by atoms with Gasteiger partial charge in [-0.15, -0.1) is 11.8 Å². The summed E-state index contributed by atoms with van der Waals surface area (Å²) in [5.74, 6) is 1.22. The van der Waals surface area contributed by atoms with Gasteiger partial charge >= 0.3 is 0 Å². The summed E-state index contributed by atoms with van der Waals surface area (Å²) in [6.07, 6.45) is 0.730. The molecule has 0 saturated heterocycles. The van der Waals surface area contributed by atoms with Gasteiger partial charge in [0.15, 0.2) is 9.84 Å². The van der Waals surface area contributed by atoms with Crippen molar-refractivity contribution in [2.45, 2.75) is 35.3 Å². The fourth-order valence-corrected chi connectivity index (χ4v) is 5.62. The molecule has 0 spiro atoms. The Labute approximate surface area is 198 Å². The molecule has 32 heavy (non-hydrogen) atoms. The molecule has 0 aliphatic heterocycles. The molecular weight excluding hydrogens is 464 g/mol. The number of Topliss-reactive ketones (excluding diaryl/α,β-unsaturated/α-hetero) is 1. The summed E-state index contributed by atoms with van der Waals surface area (Å²) >= 11 is 7.49. The van der Waals surface area contributed by atoms with E-state index in [0.29, 0.717) is 28.5 Å². The third-order valence-electron chi connectivity index (χ3n) is 4.93. The fourth-order valence-electron chi connectivity index (χ4n) is 3.25. The second-order valence-electron chi connectivity index (χ2n) is 7.49. The van der Waals surface area contributed by atoms with E-state index in [1.54, 1.807) is 42.1 Å². The number of ether oxygens (including phenoxy) is 1. The van der Waals surface area contributed by atoms with Crippen LogP contribution < -0.4 is 4.74 Å². The van der Waals surface area contributed by atoms with Crippen LogP contribution in [0.4, 0.5) is 0 Å². The van der Waals surface area contributed by atoms with Gasteiger partial charge in [0, 0.05) is 34.1 Å². The highest BCUT2D eigenvalue weighted by Gasteiger charge is 2.18. The van der Waals surface area contributed by atoms with Crippen molar-refractivity contribution < 1.29 is 17.9 Å². The van der Waals surface area contributed by atoms with Crippen molar-refractivity contribution in [2.24, 2.45) is 0 Å². The molecule has 0 aliphatic carbocycles. The van der Waals surface area contributed by atoms with Crippen LogP contribution in [0.15, 0.2) is 76.5 Å². The van der Waals surface area contributed by atoms with E-state index >= 15 is 0 Å². The third kappa shape index (κ3) is 6.86. The molecule has 0 heterocycles. The zero-order valence-electron chi connectivity index (χ0n) is 18.0. The zero-order chi connectivity index (χ0) is 23.1. The van der Waals surface area contributed by atoms with Crippen LogP contribution in [0.5, 0.6) is 5.75 Å². The van der Waals surface area contributed by atoms with E-state index in [9.17, 15) is 13.2 Å². The molecule has 0 atom stereocenters. The molecule has 0 N–H and O–H groups in total. The second-order valence-corrected chi connectivity index (χ2v) is 11.1. The lowest BCUT2D eigenvalue weighted by molar-refractivity contribution is -0.118. The topological polar surface area (TPSA) is 60.4 Å². The van der Waals surface area contributed by atoms with E-state index in [-0.39, 0.29) is 22.9 Å². The minimum absolute atomic E-state index is 0.117. The van der Waals surface area contributed by atoms with E-state index in [0.717, 1.165) is 16.0 Å². The molecule has 3 rings (SSSR count). The molecule has 0 amide bonds. The lowest BCUT2D eigenvalue weighted by Crippen LogP contribution is -2.08. The first-order chi connectivity index (χ1) is 15.3. The quantitative estimate of drug-likeness (QED) is 0.331. The Hall–Kier alpha value is -2.28. The van der Waals surface area contributed by atoms with Crippen molar-refractivity contribution in [3.63, 3.8) is 0 Å². The number of aryl methyl sites for hydroxylation is 1. The number of thioether (sulfide) groups is 1. The summed E-state index contributed by atoms with van der Waals surface area (Å²) in [4.78, 5) is 13.6. The highest BCUT2D eigenvalue weighted by molar-refractivity contribution is 7.99. The number of ketones is 1. The van der Waals surface area contributed by atoms with Crippen LogP contribution >= 0.6 is 23.4 Å². The van der Waals surface area contributed by atoms with Gasteiger partial charge in [0.1, 0.15) is 11.5 Å². The number of hydrogen-bond donors (Lipinski definition) is 0. The Bertz CT molecular complexity index is 1170. The van der Waals surface area contributed by atoms with Gasteiger partial charge < -0.3 is 4.74 Å². The van der Waals surface area contributed by atoms with Crippen LogP contribution in [-0.2, 0) is 26.8 Å². The Morgan fingerprint density at radius 2 is 1.69 bits per heavy atom. The number of carbonyl (C=O) groups excluding carboxylic acids is 1. The van der Waals surface area contributed by atoms with Crippen molar-refractivity contribution in [3.8, 4) is 5.75 Å². The molecule has 168 valence electrons. The average molecular weight is 489 g/mol. The second kappa shape index (κ2) is 11.0. The van der Waals surface area contributed by atoms with Crippen molar-refractivity contribution in [1.82, 2.24) is 0 Å². The summed E-state index contributed by atoms with van der Waals surface area (Å²) < 4.78 is 31.1. The fraction of sp³-hybridized carbons (Fsp3) is 0.240. The molecule has 0 aliphatic rings. The lowest BCUT2D eigenvalue weighted by atomic mass is 10.1. The smallest absolute Gasteiger partial charge is 0.182 e. The summed E-state index contributed by atoms with van der Waals surface area (Å²) in [5.41, 5.74) is 2.41. The van der Waals surface area contributed by atoms with Gasteiger partial charge in [0.25, 0.3) is 0 Å². The third-order valence-corrected chi connectivity index (χ3v) is 7.88. The first-order valence-corrected chi connectivity index (χ1v) is 13.1. The maximum atomic E-state index is 12.9. The summed E-state index contributed by atoms with van der Waals surface area (Å²) in [5, 5.41) is 0.689. The van der Waals surface area contributed by atoms with Crippen molar-refractivity contribution in [1.29, 1.82) is 0 Å². The number of halogens is 1. The van der Waals surface area contributed by atoms with Crippen LogP contribution in [0.2, 0.25) is 5.02 Å². The highest BCUT2D eigenvalue weighted by atomic mass is 35.5. The van der Waals surface area contributed by atoms with E-state index in [2.05, 4.69) is 0 Å². The SMILES string of the molecule is COc1ccc(C)cc1CS(=O)(=O)c1ccc(CC(=O)CCSc2ccc(Cl)cc2)cc1. The van der Waals surface area contributed by atoms with Gasteiger partial charge in [0.05, 0.1) is 17.8 Å². The maximum absolute atomic E-state index is 12.9. The van der Waals surface area contributed by atoms with E-state index in [4.69, 9.17) is 16.3 Å². The molecule has 7 heteroatoms. The van der Waals surface area contributed by atoms with E-state index in [1.165, 1.54) is 7.11 Å². The minimum Gasteiger partial charge on any atom is -0.496 e. The number of hydrogen-bond acceptors (Lipinski definition) is 5. The van der Waals surface area contributed by atoms with Gasteiger partial charge in [-0.3, -0.25) is 4.79 Å². The van der Waals surface area contributed by atoms with Crippen LogP contribution in [-0.4, -0.2) is 27.1 Å². The highest BCUT2D eigenvalue weighted by Crippen LogP contribution is 2.26. The van der Waals surface area contributed by atoms with Crippen LogP contribution in [0.1, 0.15) is 23.1 Å². The van der Waals surface area contributed by atoms with Crippen molar-refractivity contribution in [2.75, 3.05) is 12.9 Å². The molecule has 0 saturated carbocycles. The summed E-state index contributed by atoms with van der Waals surface area (Å²) in [6.45, 7) is 1.91. The normalized spacial score (nSPS) is 11.3. The van der Waals surface area contributed by atoms with E-state index < -0.39 is 9.84 Å². The monoisotopic (exact) mass is 488 g/mol. The number of sulfone groups is 1. The van der Waals surface area contributed by atoms with Crippen LogP contribution in [0.3, 0.4) is 0 Å². The molecule has 3 aromatic carbocycles. The molecule has 0 unspecified atom stereocenters. The Morgan fingerprint density at radius 1 is 1.00 bits per heavy atom. The lowest BCUT2D eigenvalue weighted by Gasteiger charge is -2.11. The average Bonchev–Trinajstić information content (AvgIpc) is 2.75. The standard InChI is InChI=1S/C25H25ClO4S2/c1-18-3-12-25(30-2)20(15-18)17-32(28,29)24-10-4-19(5-11-24)16-22(27)13-14-31-23-8-6-21(26)7-9-23/h3-12,15H,13-14,16-17H2,1-2H3. The Balaban J connectivity index is 1.57. The van der Waals surface area contributed by atoms with Crippen LogP contribution in [0.25, 0.3) is 0 Å². The van der Waals surface area contributed by atoms with Gasteiger partial charge in [-0.1, -0.05) is 41.4 Å². The van der Waals surface area contributed by atoms with Crippen molar-refractivity contribution in [3.05, 3.63) is 88.4 Å².